The van der Waals surface area contributed by atoms with Crippen LogP contribution in [0.4, 0.5) is 11.4 Å². The average Bonchev–Trinajstić information content (AvgIpc) is 2.76. The quantitative estimate of drug-likeness (QED) is 0.643. The van der Waals surface area contributed by atoms with Crippen molar-refractivity contribution in [1.82, 2.24) is 9.78 Å². The second-order valence-electron chi connectivity index (χ2n) is 4.53. The van der Waals surface area contributed by atoms with Gasteiger partial charge in [0.05, 0.1) is 16.7 Å². The summed E-state index contributed by atoms with van der Waals surface area (Å²) in [6.45, 7) is 2.20. The van der Waals surface area contributed by atoms with E-state index in [1.54, 1.807) is 17.9 Å². The Kier molecular flexibility index (Phi) is 3.88. The number of rotatable bonds is 5. The van der Waals surface area contributed by atoms with Gasteiger partial charge in [0.15, 0.2) is 0 Å². The molecule has 110 valence electrons. The third-order valence-corrected chi connectivity index (χ3v) is 3.25. The van der Waals surface area contributed by atoms with E-state index in [-0.39, 0.29) is 16.9 Å². The summed E-state index contributed by atoms with van der Waals surface area (Å²) in [5.74, 6) is -1.13. The zero-order valence-corrected chi connectivity index (χ0v) is 11.5. The van der Waals surface area contributed by atoms with E-state index >= 15 is 0 Å². The maximum Gasteiger partial charge on any atom is 0.335 e. The minimum Gasteiger partial charge on any atom is -0.478 e. The number of anilines is 1. The lowest BCUT2D eigenvalue weighted by Crippen LogP contribution is -2.06. The molecule has 0 radical (unpaired) electrons. The molecular weight excluding hydrogens is 276 g/mol. The van der Waals surface area contributed by atoms with Gasteiger partial charge in [-0.05, 0) is 19.1 Å². The second-order valence-corrected chi connectivity index (χ2v) is 4.53. The van der Waals surface area contributed by atoms with Gasteiger partial charge in [-0.15, -0.1) is 0 Å². The normalized spacial score (nSPS) is 10.4. The van der Waals surface area contributed by atoms with E-state index in [1.807, 2.05) is 6.92 Å². The number of carboxylic acids is 1. The lowest BCUT2D eigenvalue weighted by molar-refractivity contribution is -0.384. The topological polar surface area (TPSA) is 110 Å². The minimum absolute atomic E-state index is 0.00833. The largest absolute Gasteiger partial charge is 0.478 e. The number of nitrogens with zero attached hydrogens (tertiary/aromatic N) is 3. The fourth-order valence-corrected chi connectivity index (χ4v) is 1.88. The fraction of sp³-hybridized carbons (Fsp3) is 0.231. The molecular formula is C13H14N4O4. The molecule has 1 heterocycles. The smallest absolute Gasteiger partial charge is 0.335 e. The van der Waals surface area contributed by atoms with E-state index in [0.29, 0.717) is 6.54 Å². The molecule has 0 saturated heterocycles. The van der Waals surface area contributed by atoms with Crippen molar-refractivity contribution in [2.45, 2.75) is 13.5 Å². The van der Waals surface area contributed by atoms with Crippen LogP contribution in [0, 0.1) is 17.0 Å². The van der Waals surface area contributed by atoms with Gasteiger partial charge in [-0.3, -0.25) is 14.8 Å². The summed E-state index contributed by atoms with van der Waals surface area (Å²) in [7, 11) is 1.80. The molecule has 21 heavy (non-hydrogen) atoms. The van der Waals surface area contributed by atoms with Crippen LogP contribution in [0.25, 0.3) is 0 Å². The van der Waals surface area contributed by atoms with E-state index < -0.39 is 10.9 Å². The molecule has 0 atom stereocenters. The first-order valence-electron chi connectivity index (χ1n) is 6.13. The fourth-order valence-electron chi connectivity index (χ4n) is 1.88. The minimum atomic E-state index is -1.13. The molecule has 0 aliphatic heterocycles. The molecule has 2 N–H and O–H groups in total. The predicted octanol–water partition coefficient (Wildman–Crippen LogP) is 1.95. The maximum atomic E-state index is 11.0. The standard InChI is InChI=1S/C13H14N4O4/c1-8-10(7-15-16(8)2)6-14-11-5-9(13(18)19)3-4-12(11)17(20)21/h3-5,7,14H,6H2,1-2H3,(H,18,19). The van der Waals surface area contributed by atoms with Crippen molar-refractivity contribution >= 4 is 17.3 Å². The number of nitrogens with one attached hydrogen (secondary N) is 1. The SMILES string of the molecule is Cc1c(CNc2cc(C(=O)O)ccc2[N+](=O)[O-])cnn1C. The van der Waals surface area contributed by atoms with Gasteiger partial charge in [-0.2, -0.15) is 5.10 Å². The summed E-state index contributed by atoms with van der Waals surface area (Å²) in [6.07, 6.45) is 1.66. The van der Waals surface area contributed by atoms with E-state index in [0.717, 1.165) is 11.3 Å². The molecule has 2 rings (SSSR count). The summed E-state index contributed by atoms with van der Waals surface area (Å²) >= 11 is 0. The van der Waals surface area contributed by atoms with Gasteiger partial charge in [0.25, 0.3) is 5.69 Å². The lowest BCUT2D eigenvalue weighted by atomic mass is 10.1. The van der Waals surface area contributed by atoms with Gasteiger partial charge >= 0.3 is 5.97 Å². The van der Waals surface area contributed by atoms with Crippen LogP contribution in [0.3, 0.4) is 0 Å². The molecule has 1 aromatic heterocycles. The van der Waals surface area contributed by atoms with Crippen molar-refractivity contribution in [1.29, 1.82) is 0 Å². The predicted molar refractivity (Wildman–Crippen MR) is 75.3 cm³/mol. The maximum absolute atomic E-state index is 11.0. The molecule has 2 aromatic rings. The molecule has 0 unspecified atom stereocenters. The highest BCUT2D eigenvalue weighted by Gasteiger charge is 2.16. The third kappa shape index (κ3) is 2.99. The van der Waals surface area contributed by atoms with Gasteiger partial charge < -0.3 is 10.4 Å². The Balaban J connectivity index is 2.28. The molecule has 1 aromatic carbocycles. The van der Waals surface area contributed by atoms with Crippen LogP contribution < -0.4 is 5.32 Å². The van der Waals surface area contributed by atoms with Crippen molar-refractivity contribution in [2.75, 3.05) is 5.32 Å². The Morgan fingerprint density at radius 2 is 2.24 bits per heavy atom. The average molecular weight is 290 g/mol. The van der Waals surface area contributed by atoms with E-state index in [2.05, 4.69) is 10.4 Å². The number of aromatic carboxylic acids is 1. The molecule has 8 nitrogen and oxygen atoms in total. The Morgan fingerprint density at radius 1 is 1.52 bits per heavy atom. The van der Waals surface area contributed by atoms with E-state index in [1.165, 1.54) is 18.2 Å². The zero-order valence-electron chi connectivity index (χ0n) is 11.5. The number of aromatic nitrogens is 2. The van der Waals surface area contributed by atoms with Crippen molar-refractivity contribution in [3.63, 3.8) is 0 Å². The van der Waals surface area contributed by atoms with Gasteiger partial charge in [0, 0.05) is 30.9 Å². The summed E-state index contributed by atoms with van der Waals surface area (Å²) in [4.78, 5) is 21.4. The number of hydrogen-bond donors (Lipinski definition) is 2. The highest BCUT2D eigenvalue weighted by atomic mass is 16.6. The molecule has 0 spiro atoms. The van der Waals surface area contributed by atoms with Crippen molar-refractivity contribution in [3.05, 3.63) is 51.3 Å². The van der Waals surface area contributed by atoms with Crippen LogP contribution in [-0.2, 0) is 13.6 Å². The number of hydrogen-bond acceptors (Lipinski definition) is 5. The van der Waals surface area contributed by atoms with Crippen molar-refractivity contribution in [2.24, 2.45) is 7.05 Å². The summed E-state index contributed by atoms with van der Waals surface area (Å²) in [6, 6.07) is 3.65. The van der Waals surface area contributed by atoms with Gasteiger partial charge in [-0.1, -0.05) is 0 Å². The Morgan fingerprint density at radius 3 is 2.76 bits per heavy atom. The van der Waals surface area contributed by atoms with Crippen molar-refractivity contribution in [3.8, 4) is 0 Å². The van der Waals surface area contributed by atoms with Crippen LogP contribution >= 0.6 is 0 Å². The number of nitro groups is 1. The highest BCUT2D eigenvalue weighted by molar-refractivity contribution is 5.90. The molecule has 0 saturated carbocycles. The first kappa shape index (κ1) is 14.5. The van der Waals surface area contributed by atoms with E-state index in [4.69, 9.17) is 5.11 Å². The van der Waals surface area contributed by atoms with Crippen LogP contribution in [0.15, 0.2) is 24.4 Å². The molecule has 0 fully saturated rings. The summed E-state index contributed by atoms with van der Waals surface area (Å²) < 4.78 is 1.69. The van der Waals surface area contributed by atoms with E-state index in [9.17, 15) is 14.9 Å². The molecule has 8 heteroatoms. The number of nitro benzene ring substituents is 1. The highest BCUT2D eigenvalue weighted by Crippen LogP contribution is 2.26. The second kappa shape index (κ2) is 5.61. The number of carbonyl (C=O) groups is 1. The zero-order chi connectivity index (χ0) is 15.6. The summed E-state index contributed by atoms with van der Waals surface area (Å²) in [5.41, 5.74) is 1.81. The van der Waals surface area contributed by atoms with Crippen LogP contribution in [0.2, 0.25) is 0 Å². The Bertz CT molecular complexity index is 708. The van der Waals surface area contributed by atoms with Crippen LogP contribution in [-0.4, -0.2) is 25.8 Å². The third-order valence-electron chi connectivity index (χ3n) is 3.25. The van der Waals surface area contributed by atoms with Crippen LogP contribution in [0.5, 0.6) is 0 Å². The number of benzene rings is 1. The Hall–Kier alpha value is -2.90. The van der Waals surface area contributed by atoms with Crippen molar-refractivity contribution < 1.29 is 14.8 Å². The molecule has 0 bridgehead atoms. The molecule has 0 aliphatic carbocycles. The van der Waals surface area contributed by atoms with Gasteiger partial charge in [0.2, 0.25) is 0 Å². The summed E-state index contributed by atoms with van der Waals surface area (Å²) in [5, 5.41) is 26.9. The monoisotopic (exact) mass is 290 g/mol. The number of carboxylic acid groups (broad SMARTS) is 1. The Labute approximate surface area is 120 Å². The molecule has 0 amide bonds. The lowest BCUT2D eigenvalue weighted by Gasteiger charge is -2.08. The first-order valence-corrected chi connectivity index (χ1v) is 6.13. The van der Waals surface area contributed by atoms with Gasteiger partial charge in [-0.25, -0.2) is 4.79 Å². The van der Waals surface area contributed by atoms with Gasteiger partial charge in [0.1, 0.15) is 5.69 Å². The van der Waals surface area contributed by atoms with Crippen LogP contribution in [0.1, 0.15) is 21.6 Å². The first-order chi connectivity index (χ1) is 9.90. The molecule has 0 aliphatic rings. The number of aryl methyl sites for hydroxylation is 1.